The molecular weight excluding hydrogens is 273 g/mol. The van der Waals surface area contributed by atoms with Crippen molar-refractivity contribution >= 4 is 5.97 Å². The van der Waals surface area contributed by atoms with Gasteiger partial charge in [0.05, 0.1) is 0 Å². The number of aliphatic carboxylic acids is 1. The Balaban J connectivity index is 3.61. The Morgan fingerprint density at radius 2 is 1.33 bits per heavy atom. The molecule has 1 aromatic carbocycles. The minimum absolute atomic E-state index is 1.59. The highest BCUT2D eigenvalue weighted by Crippen LogP contribution is 2.36. The van der Waals surface area contributed by atoms with E-state index in [9.17, 15) is 40.6 Å². The van der Waals surface area contributed by atoms with Gasteiger partial charge in [-0.2, -0.15) is 13.2 Å². The highest BCUT2D eigenvalue weighted by atomic mass is 19.4. The summed E-state index contributed by atoms with van der Waals surface area (Å²) in [6.45, 7) is 0. The minimum atomic E-state index is -5.66. The quantitative estimate of drug-likeness (QED) is 0.607. The van der Waals surface area contributed by atoms with Crippen molar-refractivity contribution in [2.24, 2.45) is 0 Å². The predicted octanol–water partition coefficient (Wildman–Crippen LogP) is 1.55. The third kappa shape index (κ3) is 2.39. The number of hydrogen-bond donors (Lipinski definition) is 0. The zero-order valence-electron chi connectivity index (χ0n) is 8.17. The van der Waals surface area contributed by atoms with E-state index >= 15 is 0 Å². The summed E-state index contributed by atoms with van der Waals surface area (Å²) >= 11 is 0. The molecular formula is C9H2F7O2-. The second-order valence-electron chi connectivity index (χ2n) is 3.16. The molecule has 0 aromatic heterocycles. The van der Waals surface area contributed by atoms with E-state index in [0.717, 1.165) is 0 Å². The molecule has 0 heterocycles. The number of carbonyl (C=O) groups excluding carboxylic acids is 1. The zero-order valence-corrected chi connectivity index (χ0v) is 8.17. The number of alkyl halides is 3. The number of benzene rings is 1. The summed E-state index contributed by atoms with van der Waals surface area (Å²) < 4.78 is 88.3. The molecule has 0 fully saturated rings. The van der Waals surface area contributed by atoms with Gasteiger partial charge in [0.15, 0.2) is 23.3 Å². The van der Waals surface area contributed by atoms with Crippen LogP contribution < -0.4 is 5.11 Å². The monoisotopic (exact) mass is 275 g/mol. The summed E-state index contributed by atoms with van der Waals surface area (Å²) in [5.41, 5.74) is -4.42. The summed E-state index contributed by atoms with van der Waals surface area (Å²) in [5, 5.41) is 10.1. The molecule has 2 nitrogen and oxygen atoms in total. The van der Waals surface area contributed by atoms with Crippen LogP contribution in [-0.2, 0) is 17.4 Å². The molecule has 0 amide bonds. The fourth-order valence-electron chi connectivity index (χ4n) is 1.23. The maximum atomic E-state index is 13.0. The lowest BCUT2D eigenvalue weighted by molar-refractivity contribution is -0.304. The number of halogens is 7. The van der Waals surface area contributed by atoms with Crippen molar-refractivity contribution in [3.05, 3.63) is 34.4 Å². The van der Waals surface area contributed by atoms with E-state index in [4.69, 9.17) is 0 Å². The van der Waals surface area contributed by atoms with Crippen LogP contribution in [0.4, 0.5) is 30.7 Å². The molecule has 0 unspecified atom stereocenters. The Kier molecular flexibility index (Phi) is 3.54. The number of rotatable bonds is 2. The Labute approximate surface area is 94.6 Å². The molecule has 18 heavy (non-hydrogen) atoms. The fourth-order valence-corrected chi connectivity index (χ4v) is 1.23. The second-order valence-corrected chi connectivity index (χ2v) is 3.16. The summed E-state index contributed by atoms with van der Waals surface area (Å²) in [5.74, 6) is -12.3. The number of hydrogen-bond acceptors (Lipinski definition) is 2. The van der Waals surface area contributed by atoms with Gasteiger partial charge in [-0.15, -0.1) is 0 Å². The first-order valence-electron chi connectivity index (χ1n) is 4.19. The minimum Gasteiger partial charge on any atom is -0.550 e. The van der Waals surface area contributed by atoms with Gasteiger partial charge in [-0.3, -0.25) is 0 Å². The highest BCUT2D eigenvalue weighted by molar-refractivity contribution is 5.68. The standard InChI is InChI=1S/C9H3F7O2/c10-5-2(1-3(17)18)6(11)8(13)4(7(5)12)9(14,15)16/h1H2,(H,17,18)/p-1. The molecule has 0 aliphatic rings. The third-order valence-corrected chi connectivity index (χ3v) is 1.96. The van der Waals surface area contributed by atoms with Crippen molar-refractivity contribution in [3.63, 3.8) is 0 Å². The molecule has 0 aliphatic carbocycles. The molecule has 0 saturated carbocycles. The Morgan fingerprint density at radius 3 is 1.61 bits per heavy atom. The largest absolute Gasteiger partial charge is 0.550 e. The van der Waals surface area contributed by atoms with Crippen molar-refractivity contribution < 1.29 is 40.6 Å². The molecule has 0 saturated heterocycles. The zero-order chi connectivity index (χ0) is 14.2. The van der Waals surface area contributed by atoms with Crippen LogP contribution in [0.5, 0.6) is 0 Å². The van der Waals surface area contributed by atoms with Crippen LogP contribution in [0.1, 0.15) is 11.1 Å². The highest BCUT2D eigenvalue weighted by Gasteiger charge is 2.42. The van der Waals surface area contributed by atoms with Crippen molar-refractivity contribution in [2.45, 2.75) is 12.6 Å². The lowest BCUT2D eigenvalue weighted by Gasteiger charge is -2.14. The SMILES string of the molecule is O=C([O-])Cc1c(F)c(F)c(C(F)(F)F)c(F)c1F. The van der Waals surface area contributed by atoms with E-state index in [1.165, 1.54) is 0 Å². The average Bonchev–Trinajstić information content (AvgIpc) is 2.19. The number of carboxylic acids is 1. The maximum absolute atomic E-state index is 13.0. The van der Waals surface area contributed by atoms with E-state index < -0.39 is 53.0 Å². The molecule has 100 valence electrons. The Hall–Kier alpha value is -1.80. The molecule has 0 atom stereocenters. The van der Waals surface area contributed by atoms with Crippen molar-refractivity contribution in [1.82, 2.24) is 0 Å². The molecule has 0 N–H and O–H groups in total. The second kappa shape index (κ2) is 4.46. The summed E-state index contributed by atoms with van der Waals surface area (Å²) in [4.78, 5) is 10.1. The van der Waals surface area contributed by atoms with E-state index in [-0.39, 0.29) is 0 Å². The van der Waals surface area contributed by atoms with Gasteiger partial charge in [0.2, 0.25) is 0 Å². The maximum Gasteiger partial charge on any atom is 0.422 e. The normalized spacial score (nSPS) is 11.7. The molecule has 1 rings (SSSR count). The van der Waals surface area contributed by atoms with E-state index in [1.807, 2.05) is 0 Å². The molecule has 0 bridgehead atoms. The van der Waals surface area contributed by atoms with Crippen molar-refractivity contribution in [2.75, 3.05) is 0 Å². The van der Waals surface area contributed by atoms with Crippen LogP contribution in [-0.4, -0.2) is 5.97 Å². The first-order valence-corrected chi connectivity index (χ1v) is 4.19. The van der Waals surface area contributed by atoms with E-state index in [2.05, 4.69) is 0 Å². The first kappa shape index (κ1) is 14.3. The van der Waals surface area contributed by atoms with Crippen LogP contribution in [0.25, 0.3) is 0 Å². The Morgan fingerprint density at radius 1 is 0.944 bits per heavy atom. The number of carbonyl (C=O) groups is 1. The molecule has 0 aliphatic heterocycles. The molecule has 9 heteroatoms. The predicted molar refractivity (Wildman–Crippen MR) is 40.0 cm³/mol. The van der Waals surface area contributed by atoms with Crippen LogP contribution in [0.2, 0.25) is 0 Å². The van der Waals surface area contributed by atoms with E-state index in [1.54, 1.807) is 0 Å². The molecule has 1 aromatic rings. The van der Waals surface area contributed by atoms with E-state index in [0.29, 0.717) is 0 Å². The Bertz CT molecular complexity index is 478. The van der Waals surface area contributed by atoms with Gasteiger partial charge < -0.3 is 9.90 Å². The fraction of sp³-hybridized carbons (Fsp3) is 0.222. The van der Waals surface area contributed by atoms with Gasteiger partial charge in [-0.25, -0.2) is 17.6 Å². The summed E-state index contributed by atoms with van der Waals surface area (Å²) in [6, 6.07) is 0. The average molecular weight is 275 g/mol. The smallest absolute Gasteiger partial charge is 0.422 e. The van der Waals surface area contributed by atoms with Gasteiger partial charge >= 0.3 is 6.18 Å². The van der Waals surface area contributed by atoms with Crippen molar-refractivity contribution in [1.29, 1.82) is 0 Å². The molecule has 0 radical (unpaired) electrons. The van der Waals surface area contributed by atoms with Gasteiger partial charge in [0.1, 0.15) is 5.56 Å². The third-order valence-electron chi connectivity index (χ3n) is 1.96. The van der Waals surface area contributed by atoms with Crippen molar-refractivity contribution in [3.8, 4) is 0 Å². The molecule has 0 spiro atoms. The summed E-state index contributed by atoms with van der Waals surface area (Å²) in [7, 11) is 0. The topological polar surface area (TPSA) is 40.1 Å². The van der Waals surface area contributed by atoms with Crippen LogP contribution >= 0.6 is 0 Å². The first-order chi connectivity index (χ1) is 8.07. The lowest BCUT2D eigenvalue weighted by Crippen LogP contribution is -2.27. The van der Waals surface area contributed by atoms with Gasteiger partial charge in [0.25, 0.3) is 0 Å². The summed E-state index contributed by atoms with van der Waals surface area (Å²) in [6.07, 6.45) is -7.25. The van der Waals surface area contributed by atoms with Crippen LogP contribution in [0, 0.1) is 23.3 Å². The van der Waals surface area contributed by atoms with Crippen LogP contribution in [0.3, 0.4) is 0 Å². The van der Waals surface area contributed by atoms with Gasteiger partial charge in [0, 0.05) is 18.0 Å². The van der Waals surface area contributed by atoms with Crippen LogP contribution in [0.15, 0.2) is 0 Å². The number of carboxylic acid groups (broad SMARTS) is 1. The van der Waals surface area contributed by atoms with Gasteiger partial charge in [-0.1, -0.05) is 0 Å². The lowest BCUT2D eigenvalue weighted by atomic mass is 10.0. The van der Waals surface area contributed by atoms with Gasteiger partial charge in [-0.05, 0) is 0 Å².